The van der Waals surface area contributed by atoms with Crippen LogP contribution in [0.5, 0.6) is 0 Å². The second-order valence-corrected chi connectivity index (χ2v) is 4.03. The van der Waals surface area contributed by atoms with E-state index >= 15 is 0 Å². The Morgan fingerprint density at radius 3 is 2.92 bits per heavy atom. The predicted octanol–water partition coefficient (Wildman–Crippen LogP) is 2.67. The molecule has 2 nitrogen and oxygen atoms in total. The van der Waals surface area contributed by atoms with Gasteiger partial charge in [0.25, 0.3) is 0 Å². The molecule has 0 spiro atoms. The first-order valence-corrected chi connectivity index (χ1v) is 5.04. The molecule has 1 aromatic rings. The van der Waals surface area contributed by atoms with E-state index in [1.807, 2.05) is 0 Å². The molecule has 0 amide bonds. The Balaban J connectivity index is 2.27. The van der Waals surface area contributed by atoms with Crippen molar-refractivity contribution >= 4 is 11.5 Å². The Morgan fingerprint density at radius 2 is 2.25 bits per heavy atom. The number of nitriles is 1. The first-order valence-electron chi connectivity index (χ1n) is 4.26. The van der Waals surface area contributed by atoms with Gasteiger partial charge in [-0.15, -0.1) is 0 Å². The van der Waals surface area contributed by atoms with E-state index < -0.39 is 0 Å². The second kappa shape index (κ2) is 3.24. The number of nitrogens with zero attached hydrogens (tertiary/aromatic N) is 2. The molecule has 12 heavy (non-hydrogen) atoms. The molecule has 1 heterocycles. The maximum absolute atomic E-state index is 8.78. The van der Waals surface area contributed by atoms with Crippen LogP contribution >= 0.6 is 11.5 Å². The standard InChI is InChI=1S/C9H10N2S/c10-5-8-6-11-12-9(8)7-3-1-2-4-7/h6-7H,1-4H2. The molecule has 1 saturated carbocycles. The molecule has 0 atom stereocenters. The van der Waals surface area contributed by atoms with Gasteiger partial charge in [0.05, 0.1) is 11.8 Å². The normalized spacial score (nSPS) is 17.9. The van der Waals surface area contributed by atoms with Crippen LogP contribution < -0.4 is 0 Å². The fourth-order valence-electron chi connectivity index (χ4n) is 1.82. The van der Waals surface area contributed by atoms with Gasteiger partial charge in [0.15, 0.2) is 0 Å². The third-order valence-corrected chi connectivity index (χ3v) is 3.41. The Labute approximate surface area is 76.0 Å². The van der Waals surface area contributed by atoms with Gasteiger partial charge in [0.2, 0.25) is 0 Å². The number of rotatable bonds is 1. The van der Waals surface area contributed by atoms with Crippen LogP contribution in [0, 0.1) is 11.3 Å². The Bertz CT molecular complexity index is 305. The predicted molar refractivity (Wildman–Crippen MR) is 48.0 cm³/mol. The summed E-state index contributed by atoms with van der Waals surface area (Å²) in [4.78, 5) is 1.22. The third kappa shape index (κ3) is 1.23. The topological polar surface area (TPSA) is 36.7 Å². The minimum absolute atomic E-state index is 0.632. The van der Waals surface area contributed by atoms with Crippen LogP contribution in [0.3, 0.4) is 0 Å². The van der Waals surface area contributed by atoms with Crippen molar-refractivity contribution in [3.05, 3.63) is 16.6 Å². The highest BCUT2D eigenvalue weighted by molar-refractivity contribution is 7.06. The van der Waals surface area contributed by atoms with Crippen molar-refractivity contribution in [3.8, 4) is 6.07 Å². The van der Waals surface area contributed by atoms with Gasteiger partial charge in [-0.2, -0.15) is 9.64 Å². The summed E-state index contributed by atoms with van der Waals surface area (Å²) in [5.74, 6) is 0.632. The van der Waals surface area contributed by atoms with Crippen molar-refractivity contribution in [1.82, 2.24) is 4.37 Å². The van der Waals surface area contributed by atoms with Gasteiger partial charge < -0.3 is 0 Å². The average Bonchev–Trinajstić information content (AvgIpc) is 2.74. The van der Waals surface area contributed by atoms with E-state index in [4.69, 9.17) is 5.26 Å². The summed E-state index contributed by atoms with van der Waals surface area (Å²) in [5, 5.41) is 8.78. The Kier molecular flexibility index (Phi) is 2.09. The van der Waals surface area contributed by atoms with E-state index in [1.165, 1.54) is 42.1 Å². The molecule has 0 unspecified atom stereocenters. The van der Waals surface area contributed by atoms with Crippen LogP contribution in [0.4, 0.5) is 0 Å². The number of aromatic nitrogens is 1. The maximum atomic E-state index is 8.78. The summed E-state index contributed by atoms with van der Waals surface area (Å²) in [6, 6.07) is 2.20. The zero-order chi connectivity index (χ0) is 8.39. The van der Waals surface area contributed by atoms with Gasteiger partial charge in [0, 0.05) is 4.88 Å². The summed E-state index contributed by atoms with van der Waals surface area (Å²) in [5.41, 5.74) is 0.798. The Morgan fingerprint density at radius 1 is 1.50 bits per heavy atom. The van der Waals surface area contributed by atoms with Crippen LogP contribution in [0.25, 0.3) is 0 Å². The lowest BCUT2D eigenvalue weighted by molar-refractivity contribution is 0.736. The monoisotopic (exact) mass is 178 g/mol. The molecule has 0 bridgehead atoms. The van der Waals surface area contributed by atoms with Gasteiger partial charge >= 0.3 is 0 Å². The molecular formula is C9H10N2S. The highest BCUT2D eigenvalue weighted by atomic mass is 32.1. The first-order chi connectivity index (χ1) is 5.92. The van der Waals surface area contributed by atoms with Crippen LogP contribution in [0.15, 0.2) is 6.20 Å². The van der Waals surface area contributed by atoms with E-state index in [0.717, 1.165) is 5.56 Å². The lowest BCUT2D eigenvalue weighted by Gasteiger charge is -2.03. The van der Waals surface area contributed by atoms with E-state index in [-0.39, 0.29) is 0 Å². The summed E-state index contributed by atoms with van der Waals surface area (Å²) >= 11 is 1.50. The third-order valence-electron chi connectivity index (χ3n) is 2.44. The molecule has 3 heteroatoms. The fourth-order valence-corrected chi connectivity index (χ4v) is 2.67. The van der Waals surface area contributed by atoms with Crippen molar-refractivity contribution in [1.29, 1.82) is 5.26 Å². The maximum Gasteiger partial charge on any atom is 0.102 e. The van der Waals surface area contributed by atoms with Crippen molar-refractivity contribution in [2.45, 2.75) is 31.6 Å². The lowest BCUT2D eigenvalue weighted by Crippen LogP contribution is -1.90. The minimum Gasteiger partial charge on any atom is -0.199 e. The smallest absolute Gasteiger partial charge is 0.102 e. The highest BCUT2D eigenvalue weighted by Crippen LogP contribution is 2.37. The molecule has 1 aromatic heterocycles. The molecule has 0 N–H and O–H groups in total. The van der Waals surface area contributed by atoms with Crippen molar-refractivity contribution < 1.29 is 0 Å². The SMILES string of the molecule is N#Cc1cnsc1C1CCCC1. The molecule has 0 aliphatic heterocycles. The molecule has 0 saturated heterocycles. The second-order valence-electron chi connectivity index (χ2n) is 3.20. The van der Waals surface area contributed by atoms with Crippen molar-refractivity contribution in [2.24, 2.45) is 0 Å². The van der Waals surface area contributed by atoms with Crippen molar-refractivity contribution in [2.75, 3.05) is 0 Å². The molecule has 1 fully saturated rings. The van der Waals surface area contributed by atoms with Gasteiger partial charge in [-0.25, -0.2) is 0 Å². The summed E-state index contributed by atoms with van der Waals surface area (Å²) in [6.45, 7) is 0. The largest absolute Gasteiger partial charge is 0.199 e. The van der Waals surface area contributed by atoms with Crippen LogP contribution in [-0.4, -0.2) is 4.37 Å². The number of hydrogen-bond acceptors (Lipinski definition) is 3. The van der Waals surface area contributed by atoms with Gasteiger partial charge in [-0.05, 0) is 30.3 Å². The van der Waals surface area contributed by atoms with Gasteiger partial charge in [-0.1, -0.05) is 12.8 Å². The molecule has 0 radical (unpaired) electrons. The molecule has 0 aromatic carbocycles. The fraction of sp³-hybridized carbons (Fsp3) is 0.556. The number of hydrogen-bond donors (Lipinski definition) is 0. The highest BCUT2D eigenvalue weighted by Gasteiger charge is 2.21. The average molecular weight is 178 g/mol. The summed E-state index contributed by atoms with van der Waals surface area (Å²) < 4.78 is 4.06. The molecular weight excluding hydrogens is 168 g/mol. The Hall–Kier alpha value is -0.880. The summed E-state index contributed by atoms with van der Waals surface area (Å²) in [7, 11) is 0. The van der Waals surface area contributed by atoms with Gasteiger partial charge in [0.1, 0.15) is 6.07 Å². The van der Waals surface area contributed by atoms with E-state index in [1.54, 1.807) is 6.20 Å². The van der Waals surface area contributed by atoms with E-state index in [2.05, 4.69) is 10.4 Å². The van der Waals surface area contributed by atoms with E-state index in [0.29, 0.717) is 5.92 Å². The zero-order valence-corrected chi connectivity index (χ0v) is 7.60. The quantitative estimate of drug-likeness (QED) is 0.663. The zero-order valence-electron chi connectivity index (χ0n) is 6.79. The molecule has 1 aliphatic carbocycles. The molecule has 2 rings (SSSR count). The first kappa shape index (κ1) is 7.75. The molecule has 62 valence electrons. The van der Waals surface area contributed by atoms with E-state index in [9.17, 15) is 0 Å². The van der Waals surface area contributed by atoms with Gasteiger partial charge in [-0.3, -0.25) is 0 Å². The van der Waals surface area contributed by atoms with Crippen molar-refractivity contribution in [3.63, 3.8) is 0 Å². The molecule has 1 aliphatic rings. The van der Waals surface area contributed by atoms with Crippen LogP contribution in [0.1, 0.15) is 42.0 Å². The minimum atomic E-state index is 0.632. The van der Waals surface area contributed by atoms with Crippen LogP contribution in [-0.2, 0) is 0 Å². The van der Waals surface area contributed by atoms with Crippen LogP contribution in [0.2, 0.25) is 0 Å². The summed E-state index contributed by atoms with van der Waals surface area (Å²) in [6.07, 6.45) is 6.81. The lowest BCUT2D eigenvalue weighted by atomic mass is 10.0.